The molecule has 1 N–H and O–H groups in total. The molecule has 216 valence electrons. The van der Waals surface area contributed by atoms with E-state index in [-0.39, 0.29) is 34.4 Å². The van der Waals surface area contributed by atoms with Gasteiger partial charge in [-0.3, -0.25) is 24.6 Å². The number of benzene rings is 3. The molecule has 3 aromatic rings. The molecule has 41 heavy (non-hydrogen) atoms. The number of ether oxygens (including phenoxy) is 1. The van der Waals surface area contributed by atoms with E-state index in [1.54, 1.807) is 19.2 Å². The fourth-order valence-corrected chi connectivity index (χ4v) is 5.08. The summed E-state index contributed by atoms with van der Waals surface area (Å²) >= 11 is 0. The largest absolute Gasteiger partial charge is 0.497 e. The maximum atomic E-state index is 13.2. The number of methoxy groups -OCH3 is 1. The number of non-ortho nitro benzene ring substituents is 1. The predicted octanol–water partition coefficient (Wildman–Crippen LogP) is 5.18. The van der Waals surface area contributed by atoms with Crippen molar-refractivity contribution in [2.75, 3.05) is 20.2 Å². The first-order chi connectivity index (χ1) is 19.7. The normalized spacial score (nSPS) is 14.0. The van der Waals surface area contributed by atoms with Crippen LogP contribution in [0.4, 0.5) is 5.69 Å². The van der Waals surface area contributed by atoms with Gasteiger partial charge in [0.2, 0.25) is 5.91 Å². The van der Waals surface area contributed by atoms with Gasteiger partial charge in [-0.15, -0.1) is 0 Å². The van der Waals surface area contributed by atoms with Crippen molar-refractivity contribution in [2.45, 2.75) is 52.4 Å². The van der Waals surface area contributed by atoms with Gasteiger partial charge in [0.05, 0.1) is 12.0 Å². The molecule has 9 nitrogen and oxygen atoms in total. The van der Waals surface area contributed by atoms with Crippen LogP contribution in [0.2, 0.25) is 0 Å². The number of rotatable bonds is 11. The predicted molar refractivity (Wildman–Crippen MR) is 157 cm³/mol. The van der Waals surface area contributed by atoms with Crippen LogP contribution in [0.5, 0.6) is 5.75 Å². The van der Waals surface area contributed by atoms with Crippen LogP contribution in [0.25, 0.3) is 0 Å². The number of likely N-dealkylation sites (tertiary alicyclic amines) is 1. The topological polar surface area (TPSA) is 105 Å². The minimum atomic E-state index is -0.387. The number of nitrogens with zero attached hydrogens (tertiary/aromatic N) is 3. The second kappa shape index (κ2) is 13.9. The van der Waals surface area contributed by atoms with Crippen LogP contribution in [0.3, 0.4) is 0 Å². The number of nitrogens with one attached hydrogen (secondary N) is 1. The van der Waals surface area contributed by atoms with E-state index in [9.17, 15) is 19.7 Å². The molecule has 1 saturated heterocycles. The van der Waals surface area contributed by atoms with Gasteiger partial charge in [-0.2, -0.15) is 0 Å². The quantitative estimate of drug-likeness (QED) is 0.257. The zero-order valence-electron chi connectivity index (χ0n) is 23.9. The number of carbonyl (C=O) groups excluding carboxylic acids is 2. The molecule has 1 heterocycles. The van der Waals surface area contributed by atoms with Gasteiger partial charge in [-0.25, -0.2) is 0 Å². The molecule has 4 rings (SSSR count). The van der Waals surface area contributed by atoms with E-state index < -0.39 is 0 Å². The van der Waals surface area contributed by atoms with Crippen LogP contribution in [-0.2, 0) is 24.4 Å². The van der Waals surface area contributed by atoms with E-state index in [1.807, 2.05) is 79.4 Å². The van der Waals surface area contributed by atoms with Gasteiger partial charge in [-0.05, 0) is 53.8 Å². The van der Waals surface area contributed by atoms with Crippen LogP contribution in [0.1, 0.15) is 53.7 Å². The maximum absolute atomic E-state index is 13.2. The Morgan fingerprint density at radius 1 is 0.951 bits per heavy atom. The molecule has 0 saturated carbocycles. The van der Waals surface area contributed by atoms with Crippen LogP contribution in [-0.4, -0.2) is 52.8 Å². The van der Waals surface area contributed by atoms with Crippen molar-refractivity contribution in [1.29, 1.82) is 0 Å². The van der Waals surface area contributed by atoms with E-state index in [2.05, 4.69) is 10.2 Å². The summed E-state index contributed by atoms with van der Waals surface area (Å²) in [4.78, 5) is 40.8. The summed E-state index contributed by atoms with van der Waals surface area (Å²) in [7, 11) is 1.62. The Morgan fingerprint density at radius 2 is 1.54 bits per heavy atom. The lowest BCUT2D eigenvalue weighted by Crippen LogP contribution is -2.48. The first kappa shape index (κ1) is 29.7. The maximum Gasteiger partial charge on any atom is 0.269 e. The monoisotopic (exact) mass is 558 g/mol. The minimum Gasteiger partial charge on any atom is -0.497 e. The SMILES string of the molecule is COc1ccc(CNC(=O)c2ccc(CN(C(=O)C(C)C)C3CCN(Cc4ccc([N+](=O)[O-])cc4)CC3)cc2)cc1. The standard InChI is InChI=1S/C32H38N4O5/c1-23(2)32(38)35(28-16-18-34(19-17-28)21-25-6-12-29(13-7-25)36(39)40)22-26-4-10-27(11-5-26)31(37)33-20-24-8-14-30(41-3)15-9-24/h4-15,23,28H,16-22H2,1-3H3,(H,33,37). The number of hydrogen-bond donors (Lipinski definition) is 1. The van der Waals surface area contributed by atoms with Crippen LogP contribution >= 0.6 is 0 Å². The summed E-state index contributed by atoms with van der Waals surface area (Å²) in [5.74, 6) is 0.632. The van der Waals surface area contributed by atoms with E-state index in [1.165, 1.54) is 0 Å². The molecular formula is C32H38N4O5. The van der Waals surface area contributed by atoms with Crippen molar-refractivity contribution in [2.24, 2.45) is 5.92 Å². The molecule has 0 bridgehead atoms. The zero-order valence-corrected chi connectivity index (χ0v) is 23.9. The summed E-state index contributed by atoms with van der Waals surface area (Å²) in [6.45, 7) is 7.19. The first-order valence-electron chi connectivity index (χ1n) is 14.0. The molecule has 2 amide bonds. The number of piperidine rings is 1. The molecular weight excluding hydrogens is 520 g/mol. The van der Waals surface area contributed by atoms with Crippen molar-refractivity contribution in [3.8, 4) is 5.75 Å². The average molecular weight is 559 g/mol. The van der Waals surface area contributed by atoms with Gasteiger partial charge < -0.3 is 15.0 Å². The number of carbonyl (C=O) groups is 2. The van der Waals surface area contributed by atoms with Crippen molar-refractivity contribution >= 4 is 17.5 Å². The second-order valence-electron chi connectivity index (χ2n) is 10.8. The molecule has 0 unspecified atom stereocenters. The van der Waals surface area contributed by atoms with E-state index in [0.29, 0.717) is 18.7 Å². The van der Waals surface area contributed by atoms with Gasteiger partial charge in [0.1, 0.15) is 5.75 Å². The Bertz CT molecular complexity index is 1320. The van der Waals surface area contributed by atoms with Crippen molar-refractivity contribution in [1.82, 2.24) is 15.1 Å². The van der Waals surface area contributed by atoms with Crippen LogP contribution in [0, 0.1) is 16.0 Å². The minimum absolute atomic E-state index is 0.0949. The second-order valence-corrected chi connectivity index (χ2v) is 10.8. The van der Waals surface area contributed by atoms with Gasteiger partial charge in [0.15, 0.2) is 0 Å². The van der Waals surface area contributed by atoms with Crippen LogP contribution < -0.4 is 10.1 Å². The van der Waals surface area contributed by atoms with Gasteiger partial charge in [0.25, 0.3) is 11.6 Å². The number of amides is 2. The lowest BCUT2D eigenvalue weighted by atomic mass is 9.99. The number of nitro groups is 1. The molecule has 3 aromatic carbocycles. The third kappa shape index (κ3) is 8.14. The summed E-state index contributed by atoms with van der Waals surface area (Å²) < 4.78 is 5.17. The Balaban J connectivity index is 1.32. The molecule has 0 spiro atoms. The molecule has 1 aliphatic heterocycles. The molecule has 9 heteroatoms. The summed E-state index contributed by atoms with van der Waals surface area (Å²) in [6.07, 6.45) is 1.72. The lowest BCUT2D eigenvalue weighted by molar-refractivity contribution is -0.384. The molecule has 0 aromatic heterocycles. The smallest absolute Gasteiger partial charge is 0.269 e. The highest BCUT2D eigenvalue weighted by Crippen LogP contribution is 2.23. The zero-order chi connectivity index (χ0) is 29.4. The van der Waals surface area contributed by atoms with E-state index in [4.69, 9.17) is 4.74 Å². The molecule has 0 aliphatic carbocycles. The molecule has 0 radical (unpaired) electrons. The highest BCUT2D eigenvalue weighted by atomic mass is 16.6. The summed E-state index contributed by atoms with van der Waals surface area (Å²) in [6, 6.07) is 21.9. The fraction of sp³-hybridized carbons (Fsp3) is 0.375. The van der Waals surface area contributed by atoms with Crippen molar-refractivity contribution < 1.29 is 19.2 Å². The summed E-state index contributed by atoms with van der Waals surface area (Å²) in [5.41, 5.74) is 3.68. The van der Waals surface area contributed by atoms with Crippen molar-refractivity contribution in [3.63, 3.8) is 0 Å². The average Bonchev–Trinajstić information content (AvgIpc) is 2.99. The Kier molecular flexibility index (Phi) is 10.1. The fourth-order valence-electron chi connectivity index (χ4n) is 5.08. The number of hydrogen-bond acceptors (Lipinski definition) is 6. The van der Waals surface area contributed by atoms with Gasteiger partial charge in [-0.1, -0.05) is 50.2 Å². The lowest BCUT2D eigenvalue weighted by Gasteiger charge is -2.39. The Morgan fingerprint density at radius 3 is 2.10 bits per heavy atom. The third-order valence-electron chi connectivity index (χ3n) is 7.51. The molecule has 1 aliphatic rings. The third-order valence-corrected chi connectivity index (χ3v) is 7.51. The van der Waals surface area contributed by atoms with Crippen LogP contribution in [0.15, 0.2) is 72.8 Å². The highest BCUT2D eigenvalue weighted by molar-refractivity contribution is 5.94. The Hall–Kier alpha value is -4.24. The van der Waals surface area contributed by atoms with E-state index >= 15 is 0 Å². The van der Waals surface area contributed by atoms with Gasteiger partial charge >= 0.3 is 0 Å². The highest BCUT2D eigenvalue weighted by Gasteiger charge is 2.29. The molecule has 1 fully saturated rings. The molecule has 0 atom stereocenters. The first-order valence-corrected chi connectivity index (χ1v) is 14.0. The number of nitro benzene ring substituents is 1. The Labute approximate surface area is 241 Å². The van der Waals surface area contributed by atoms with E-state index in [0.717, 1.165) is 54.9 Å². The summed E-state index contributed by atoms with van der Waals surface area (Å²) in [5, 5.41) is 13.9. The van der Waals surface area contributed by atoms with Crippen molar-refractivity contribution in [3.05, 3.63) is 105 Å². The van der Waals surface area contributed by atoms with Gasteiger partial charge in [0, 0.05) is 62.4 Å².